The number of nitrogens with one attached hydrogen (secondary N) is 1. The second-order valence-electron chi connectivity index (χ2n) is 4.71. The van der Waals surface area contributed by atoms with Crippen LogP contribution in [0.1, 0.15) is 30.1 Å². The summed E-state index contributed by atoms with van der Waals surface area (Å²) in [6.07, 6.45) is 0. The molecule has 0 aromatic heterocycles. The minimum absolute atomic E-state index is 0.0234. The molecule has 0 bridgehead atoms. The molecule has 2 atom stereocenters. The zero-order chi connectivity index (χ0) is 14.5. The molecule has 4 heteroatoms. The lowest BCUT2D eigenvalue weighted by Gasteiger charge is -2.22. The van der Waals surface area contributed by atoms with Crippen molar-refractivity contribution < 1.29 is 9.50 Å². The lowest BCUT2D eigenvalue weighted by molar-refractivity contribution is 0.235. The Balaban J connectivity index is 2.13. The van der Waals surface area contributed by atoms with Gasteiger partial charge in [-0.1, -0.05) is 48.0 Å². The van der Waals surface area contributed by atoms with Crippen molar-refractivity contribution in [2.24, 2.45) is 0 Å². The average molecular weight is 294 g/mol. The van der Waals surface area contributed by atoms with E-state index in [0.29, 0.717) is 0 Å². The maximum atomic E-state index is 13.5. The fourth-order valence-electron chi connectivity index (χ4n) is 2.12. The van der Waals surface area contributed by atoms with E-state index in [0.717, 1.165) is 11.1 Å². The summed E-state index contributed by atoms with van der Waals surface area (Å²) in [5.74, 6) is -0.432. The van der Waals surface area contributed by atoms with Crippen LogP contribution in [0.3, 0.4) is 0 Å². The molecule has 20 heavy (non-hydrogen) atoms. The zero-order valence-corrected chi connectivity index (χ0v) is 11.9. The molecule has 0 amide bonds. The van der Waals surface area contributed by atoms with Gasteiger partial charge in [-0.3, -0.25) is 0 Å². The van der Waals surface area contributed by atoms with Crippen LogP contribution < -0.4 is 5.32 Å². The molecular formula is C16H17ClFNO. The largest absolute Gasteiger partial charge is 0.394 e. The van der Waals surface area contributed by atoms with Crippen LogP contribution in [0, 0.1) is 5.82 Å². The Hall–Kier alpha value is -1.42. The van der Waals surface area contributed by atoms with Crippen LogP contribution >= 0.6 is 11.6 Å². The molecule has 0 aliphatic heterocycles. The predicted octanol–water partition coefficient (Wildman–Crippen LogP) is 3.86. The molecule has 2 aromatic carbocycles. The summed E-state index contributed by atoms with van der Waals surface area (Å²) in [5, 5.41) is 12.9. The van der Waals surface area contributed by atoms with Crippen molar-refractivity contribution in [1.82, 2.24) is 5.32 Å². The van der Waals surface area contributed by atoms with Crippen molar-refractivity contribution in [2.45, 2.75) is 19.0 Å². The van der Waals surface area contributed by atoms with Gasteiger partial charge in [0.05, 0.1) is 17.7 Å². The van der Waals surface area contributed by atoms with Crippen molar-refractivity contribution in [3.63, 3.8) is 0 Å². The van der Waals surface area contributed by atoms with E-state index in [4.69, 9.17) is 11.6 Å². The first-order valence-electron chi connectivity index (χ1n) is 6.48. The van der Waals surface area contributed by atoms with Crippen molar-refractivity contribution >= 4 is 11.6 Å². The van der Waals surface area contributed by atoms with Crippen LogP contribution in [-0.2, 0) is 0 Å². The van der Waals surface area contributed by atoms with Gasteiger partial charge in [-0.15, -0.1) is 0 Å². The number of halogens is 2. The molecule has 2 nitrogen and oxygen atoms in total. The molecule has 0 saturated carbocycles. The minimum Gasteiger partial charge on any atom is -0.394 e. The van der Waals surface area contributed by atoms with E-state index in [2.05, 4.69) is 5.32 Å². The van der Waals surface area contributed by atoms with Gasteiger partial charge >= 0.3 is 0 Å². The Morgan fingerprint density at radius 1 is 1.15 bits per heavy atom. The zero-order valence-electron chi connectivity index (χ0n) is 11.2. The topological polar surface area (TPSA) is 32.3 Å². The van der Waals surface area contributed by atoms with Gasteiger partial charge in [0.25, 0.3) is 0 Å². The molecule has 0 radical (unpaired) electrons. The SMILES string of the molecule is CC(N[C@@H](CO)c1ccccc1)c1ccc(Cl)c(F)c1. The summed E-state index contributed by atoms with van der Waals surface area (Å²) in [7, 11) is 0. The first kappa shape index (κ1) is 15.0. The van der Waals surface area contributed by atoms with E-state index in [9.17, 15) is 9.50 Å². The van der Waals surface area contributed by atoms with Gasteiger partial charge in [-0.2, -0.15) is 0 Å². The van der Waals surface area contributed by atoms with E-state index in [1.165, 1.54) is 6.07 Å². The summed E-state index contributed by atoms with van der Waals surface area (Å²) < 4.78 is 13.5. The summed E-state index contributed by atoms with van der Waals surface area (Å²) in [6.45, 7) is 1.90. The fourth-order valence-corrected chi connectivity index (χ4v) is 2.24. The van der Waals surface area contributed by atoms with Crippen LogP contribution in [0.4, 0.5) is 4.39 Å². The quantitative estimate of drug-likeness (QED) is 0.877. The number of hydrogen-bond donors (Lipinski definition) is 2. The fraction of sp³-hybridized carbons (Fsp3) is 0.250. The third-order valence-electron chi connectivity index (χ3n) is 3.28. The highest BCUT2D eigenvalue weighted by Crippen LogP contribution is 2.23. The van der Waals surface area contributed by atoms with E-state index in [1.807, 2.05) is 37.3 Å². The summed E-state index contributed by atoms with van der Waals surface area (Å²) in [6, 6.07) is 14.1. The van der Waals surface area contributed by atoms with Crippen LogP contribution in [0.2, 0.25) is 5.02 Å². The third-order valence-corrected chi connectivity index (χ3v) is 3.59. The number of aliphatic hydroxyl groups is 1. The van der Waals surface area contributed by atoms with E-state index < -0.39 is 5.82 Å². The Morgan fingerprint density at radius 3 is 2.45 bits per heavy atom. The van der Waals surface area contributed by atoms with Gasteiger partial charge < -0.3 is 10.4 Å². The highest BCUT2D eigenvalue weighted by molar-refractivity contribution is 6.30. The Morgan fingerprint density at radius 2 is 1.85 bits per heavy atom. The molecule has 0 spiro atoms. The molecule has 2 aromatic rings. The predicted molar refractivity (Wildman–Crippen MR) is 79.2 cm³/mol. The van der Waals surface area contributed by atoms with Gasteiger partial charge in [0.2, 0.25) is 0 Å². The number of benzene rings is 2. The van der Waals surface area contributed by atoms with Gasteiger partial charge in [0.15, 0.2) is 0 Å². The minimum atomic E-state index is -0.432. The smallest absolute Gasteiger partial charge is 0.142 e. The summed E-state index contributed by atoms with van der Waals surface area (Å²) >= 11 is 5.68. The van der Waals surface area contributed by atoms with E-state index in [1.54, 1.807) is 12.1 Å². The second-order valence-corrected chi connectivity index (χ2v) is 5.11. The molecule has 0 heterocycles. The van der Waals surface area contributed by atoms with Crippen molar-refractivity contribution in [3.05, 3.63) is 70.5 Å². The maximum Gasteiger partial charge on any atom is 0.142 e. The van der Waals surface area contributed by atoms with Crippen LogP contribution in [-0.4, -0.2) is 11.7 Å². The number of aliphatic hydroxyl groups excluding tert-OH is 1. The lowest BCUT2D eigenvalue weighted by atomic mass is 10.0. The van der Waals surface area contributed by atoms with E-state index in [-0.39, 0.29) is 23.7 Å². The molecular weight excluding hydrogens is 277 g/mol. The second kappa shape index (κ2) is 6.84. The third kappa shape index (κ3) is 3.57. The highest BCUT2D eigenvalue weighted by atomic mass is 35.5. The summed E-state index contributed by atoms with van der Waals surface area (Å²) in [4.78, 5) is 0. The highest BCUT2D eigenvalue weighted by Gasteiger charge is 2.15. The number of hydrogen-bond acceptors (Lipinski definition) is 2. The lowest BCUT2D eigenvalue weighted by Crippen LogP contribution is -2.27. The summed E-state index contributed by atoms with van der Waals surface area (Å²) in [5.41, 5.74) is 1.79. The van der Waals surface area contributed by atoms with Crippen LogP contribution in [0.25, 0.3) is 0 Å². The average Bonchev–Trinajstić information content (AvgIpc) is 2.48. The van der Waals surface area contributed by atoms with Crippen molar-refractivity contribution in [3.8, 4) is 0 Å². The first-order valence-corrected chi connectivity index (χ1v) is 6.86. The first-order chi connectivity index (χ1) is 9.61. The number of rotatable bonds is 5. The Bertz CT molecular complexity index is 562. The molecule has 0 fully saturated rings. The molecule has 0 aliphatic carbocycles. The Kier molecular flexibility index (Phi) is 5.12. The van der Waals surface area contributed by atoms with Gasteiger partial charge in [0, 0.05) is 6.04 Å². The van der Waals surface area contributed by atoms with Crippen molar-refractivity contribution in [1.29, 1.82) is 0 Å². The maximum absolute atomic E-state index is 13.5. The molecule has 0 saturated heterocycles. The van der Waals surface area contributed by atoms with Crippen LogP contribution in [0.15, 0.2) is 48.5 Å². The van der Waals surface area contributed by atoms with Gasteiger partial charge in [-0.05, 0) is 30.2 Å². The van der Waals surface area contributed by atoms with Crippen molar-refractivity contribution in [2.75, 3.05) is 6.61 Å². The monoisotopic (exact) mass is 293 g/mol. The van der Waals surface area contributed by atoms with Gasteiger partial charge in [0.1, 0.15) is 5.82 Å². The van der Waals surface area contributed by atoms with E-state index >= 15 is 0 Å². The Labute approximate surface area is 123 Å². The molecule has 2 rings (SSSR count). The molecule has 106 valence electrons. The normalized spacial score (nSPS) is 14.0. The van der Waals surface area contributed by atoms with Crippen LogP contribution in [0.5, 0.6) is 0 Å². The molecule has 2 N–H and O–H groups in total. The molecule has 0 aliphatic rings. The standard InChI is InChI=1S/C16H17ClFNO/c1-11(13-7-8-14(17)15(18)9-13)19-16(10-20)12-5-3-2-4-6-12/h2-9,11,16,19-20H,10H2,1H3/t11?,16-/m0/s1. The molecule has 1 unspecified atom stereocenters. The van der Waals surface area contributed by atoms with Gasteiger partial charge in [-0.25, -0.2) is 4.39 Å².